The number of ether oxygens (including phenoxy) is 7. The lowest BCUT2D eigenvalue weighted by molar-refractivity contribution is -0.148. The first-order valence-electron chi connectivity index (χ1n) is 13.4. The van der Waals surface area contributed by atoms with Gasteiger partial charge in [0.25, 0.3) is 0 Å². The van der Waals surface area contributed by atoms with Crippen molar-refractivity contribution in [3.05, 3.63) is 23.8 Å². The number of hydrogen-bond donors (Lipinski definition) is 1. The summed E-state index contributed by atoms with van der Waals surface area (Å²) >= 11 is 0. The summed E-state index contributed by atoms with van der Waals surface area (Å²) in [7, 11) is 0. The summed E-state index contributed by atoms with van der Waals surface area (Å²) in [6.45, 7) is 14.4. The molecule has 12 heteroatoms. The highest BCUT2D eigenvalue weighted by molar-refractivity contribution is 5.76. The Hall–Kier alpha value is -3.54. The van der Waals surface area contributed by atoms with Gasteiger partial charge in [0.15, 0.2) is 11.5 Å². The molecule has 40 heavy (non-hydrogen) atoms. The third-order valence-corrected chi connectivity index (χ3v) is 5.78. The van der Waals surface area contributed by atoms with Crippen molar-refractivity contribution in [1.82, 2.24) is 0 Å². The fourth-order valence-corrected chi connectivity index (χ4v) is 2.71. The predicted molar refractivity (Wildman–Crippen MR) is 144 cm³/mol. The zero-order chi connectivity index (χ0) is 30.4. The lowest BCUT2D eigenvalue weighted by Crippen LogP contribution is -2.36. The van der Waals surface area contributed by atoms with Crippen LogP contribution in [0.2, 0.25) is 0 Å². The fourth-order valence-electron chi connectivity index (χ4n) is 2.71. The zero-order valence-corrected chi connectivity index (χ0v) is 24.6. The molecule has 0 aliphatic carbocycles. The van der Waals surface area contributed by atoms with Gasteiger partial charge in [-0.25, -0.2) is 14.4 Å². The quantitative estimate of drug-likeness (QED) is 0.178. The van der Waals surface area contributed by atoms with E-state index in [0.717, 1.165) is 0 Å². The molecule has 0 fully saturated rings. The third kappa shape index (κ3) is 13.0. The molecular formula is C28H43NO11. The van der Waals surface area contributed by atoms with Crippen molar-refractivity contribution in [2.24, 2.45) is 17.6 Å². The van der Waals surface area contributed by atoms with E-state index in [4.69, 9.17) is 38.9 Å². The SMILES string of the molecule is CCCOC(=O)O[C@@H](C)COC(=O)[C@@H](N)Cc1ccc(OC(=O)OC(C)C(C)C)c(OC(=O)OC(C)C(C)C)c1. The number of carbonyl (C=O) groups is 4. The van der Waals surface area contributed by atoms with Crippen LogP contribution in [-0.2, 0) is 34.9 Å². The maximum absolute atomic E-state index is 12.4. The fraction of sp³-hybridized carbons (Fsp3) is 0.643. The van der Waals surface area contributed by atoms with Gasteiger partial charge in [-0.1, -0.05) is 40.7 Å². The van der Waals surface area contributed by atoms with Crippen LogP contribution in [0.1, 0.15) is 67.4 Å². The van der Waals surface area contributed by atoms with E-state index in [9.17, 15) is 19.2 Å². The molecule has 0 aliphatic rings. The first-order chi connectivity index (χ1) is 18.7. The molecule has 1 aromatic rings. The second kappa shape index (κ2) is 17.2. The van der Waals surface area contributed by atoms with Gasteiger partial charge in [0, 0.05) is 0 Å². The van der Waals surface area contributed by atoms with Gasteiger partial charge in [-0.05, 0) is 63.1 Å². The van der Waals surface area contributed by atoms with Crippen LogP contribution in [0, 0.1) is 11.8 Å². The van der Waals surface area contributed by atoms with Gasteiger partial charge in [0.2, 0.25) is 0 Å². The van der Waals surface area contributed by atoms with Crippen molar-refractivity contribution >= 4 is 24.4 Å². The van der Waals surface area contributed by atoms with Crippen LogP contribution in [0.3, 0.4) is 0 Å². The van der Waals surface area contributed by atoms with Crippen molar-refractivity contribution in [3.63, 3.8) is 0 Å². The second-order valence-electron chi connectivity index (χ2n) is 10.1. The van der Waals surface area contributed by atoms with E-state index < -0.39 is 48.8 Å². The number of carbonyl (C=O) groups excluding carboxylic acids is 4. The molecule has 0 saturated carbocycles. The van der Waals surface area contributed by atoms with Crippen LogP contribution in [0.25, 0.3) is 0 Å². The van der Waals surface area contributed by atoms with Crippen molar-refractivity contribution < 1.29 is 52.3 Å². The zero-order valence-electron chi connectivity index (χ0n) is 24.6. The number of esters is 1. The van der Waals surface area contributed by atoms with E-state index in [0.29, 0.717) is 12.0 Å². The molecule has 0 aliphatic heterocycles. The van der Waals surface area contributed by atoms with E-state index in [1.807, 2.05) is 34.6 Å². The van der Waals surface area contributed by atoms with Gasteiger partial charge < -0.3 is 38.9 Å². The second-order valence-corrected chi connectivity index (χ2v) is 10.1. The Morgan fingerprint density at radius 2 is 1.30 bits per heavy atom. The Bertz CT molecular complexity index is 979. The molecule has 0 amide bonds. The maximum Gasteiger partial charge on any atom is 0.514 e. The molecule has 0 heterocycles. The van der Waals surface area contributed by atoms with Crippen LogP contribution in [0.5, 0.6) is 11.5 Å². The van der Waals surface area contributed by atoms with Crippen molar-refractivity contribution in [1.29, 1.82) is 0 Å². The molecule has 0 aromatic heterocycles. The standard InChI is InChI=1S/C28H43NO11/c1-9-12-34-26(31)36-18(6)15-35-25(30)22(29)13-21-10-11-23(39-27(32)37-19(7)16(2)3)24(14-21)40-28(33)38-20(8)17(4)5/h10-11,14,16-20,22H,9,12-13,15,29H2,1-8H3/t18-,19?,20?,22-/m0/s1. The van der Waals surface area contributed by atoms with Crippen LogP contribution >= 0.6 is 0 Å². The van der Waals surface area contributed by atoms with Gasteiger partial charge in [-0.2, -0.15) is 0 Å². The summed E-state index contributed by atoms with van der Waals surface area (Å²) < 4.78 is 36.1. The smallest absolute Gasteiger partial charge is 0.461 e. The first kappa shape index (κ1) is 34.5. The lowest BCUT2D eigenvalue weighted by Gasteiger charge is -2.19. The normalized spacial score (nSPS) is 14.0. The number of hydrogen-bond acceptors (Lipinski definition) is 12. The minimum atomic E-state index is -1.09. The minimum absolute atomic E-state index is 0.00444. The molecule has 1 aromatic carbocycles. The molecule has 0 saturated heterocycles. The molecule has 0 radical (unpaired) electrons. The number of benzene rings is 1. The van der Waals surface area contributed by atoms with Crippen LogP contribution in [0.15, 0.2) is 18.2 Å². The third-order valence-electron chi connectivity index (χ3n) is 5.78. The van der Waals surface area contributed by atoms with Crippen LogP contribution in [0.4, 0.5) is 14.4 Å². The Labute approximate surface area is 235 Å². The molecule has 4 atom stereocenters. The Kier molecular flexibility index (Phi) is 14.8. The summed E-state index contributed by atoms with van der Waals surface area (Å²) in [5.74, 6) is -0.849. The monoisotopic (exact) mass is 569 g/mol. The van der Waals surface area contributed by atoms with E-state index in [1.54, 1.807) is 26.8 Å². The van der Waals surface area contributed by atoms with E-state index in [-0.39, 0.29) is 43.0 Å². The highest BCUT2D eigenvalue weighted by Gasteiger charge is 2.23. The van der Waals surface area contributed by atoms with Crippen molar-refractivity contribution in [2.45, 2.75) is 92.6 Å². The first-order valence-corrected chi connectivity index (χ1v) is 13.4. The molecule has 2 N–H and O–H groups in total. The molecular weight excluding hydrogens is 526 g/mol. The lowest BCUT2D eigenvalue weighted by atomic mass is 10.1. The molecule has 1 rings (SSSR count). The van der Waals surface area contributed by atoms with E-state index in [1.165, 1.54) is 12.1 Å². The molecule has 2 unspecified atom stereocenters. The number of rotatable bonds is 14. The highest BCUT2D eigenvalue weighted by atomic mass is 16.8. The minimum Gasteiger partial charge on any atom is -0.461 e. The van der Waals surface area contributed by atoms with Crippen LogP contribution < -0.4 is 15.2 Å². The van der Waals surface area contributed by atoms with Crippen molar-refractivity contribution in [2.75, 3.05) is 13.2 Å². The molecule has 12 nitrogen and oxygen atoms in total. The molecule has 226 valence electrons. The van der Waals surface area contributed by atoms with Gasteiger partial charge >= 0.3 is 24.4 Å². The van der Waals surface area contributed by atoms with Gasteiger partial charge in [-0.15, -0.1) is 0 Å². The summed E-state index contributed by atoms with van der Waals surface area (Å²) in [4.78, 5) is 48.6. The van der Waals surface area contributed by atoms with Crippen molar-refractivity contribution in [3.8, 4) is 11.5 Å². The molecule has 0 bridgehead atoms. The summed E-state index contributed by atoms with van der Waals surface area (Å²) in [6, 6.07) is 3.24. The largest absolute Gasteiger partial charge is 0.514 e. The van der Waals surface area contributed by atoms with Crippen LogP contribution in [-0.4, -0.2) is 62.0 Å². The predicted octanol–water partition coefficient (Wildman–Crippen LogP) is 5.17. The summed E-state index contributed by atoms with van der Waals surface area (Å²) in [5, 5.41) is 0. The topological polar surface area (TPSA) is 159 Å². The van der Waals surface area contributed by atoms with Gasteiger partial charge in [-0.3, -0.25) is 4.79 Å². The van der Waals surface area contributed by atoms with E-state index in [2.05, 4.69) is 0 Å². The maximum atomic E-state index is 12.4. The van der Waals surface area contributed by atoms with E-state index >= 15 is 0 Å². The highest BCUT2D eigenvalue weighted by Crippen LogP contribution is 2.30. The summed E-state index contributed by atoms with van der Waals surface area (Å²) in [5.41, 5.74) is 6.49. The van der Waals surface area contributed by atoms with Gasteiger partial charge in [0.1, 0.15) is 31.0 Å². The van der Waals surface area contributed by atoms with Gasteiger partial charge in [0.05, 0.1) is 6.61 Å². The average molecular weight is 570 g/mol. The average Bonchev–Trinajstić information content (AvgIpc) is 2.87. The Morgan fingerprint density at radius 1 is 0.750 bits per heavy atom. The Morgan fingerprint density at radius 3 is 1.82 bits per heavy atom. The Balaban J connectivity index is 2.92. The summed E-state index contributed by atoms with van der Waals surface area (Å²) in [6.07, 6.45) is -3.77. The number of nitrogens with two attached hydrogens (primary N) is 1. The molecule has 0 spiro atoms.